The van der Waals surface area contributed by atoms with Gasteiger partial charge in [-0.15, -0.1) is 11.7 Å². The fourth-order valence-electron chi connectivity index (χ4n) is 5.87. The topological polar surface area (TPSA) is 231 Å². The third-order valence-electron chi connectivity index (χ3n) is 10.1. The molecule has 19 nitrogen and oxygen atoms in total. The summed E-state index contributed by atoms with van der Waals surface area (Å²) >= 11 is 4.06. The molecule has 0 aliphatic rings. The number of nitrogens with zero attached hydrogens (tertiary/aromatic N) is 3. The van der Waals surface area contributed by atoms with Crippen LogP contribution in [0, 0.1) is 23.7 Å². The Labute approximate surface area is 408 Å². The van der Waals surface area contributed by atoms with Gasteiger partial charge in [-0.3, -0.25) is 38.4 Å². The Bertz CT molecular complexity index is 1380. The maximum atomic E-state index is 12.6. The molecule has 3 unspecified atom stereocenters. The van der Waals surface area contributed by atoms with Gasteiger partial charge in [-0.2, -0.15) is 0 Å². The number of esters is 7. The van der Waals surface area contributed by atoms with Crippen molar-refractivity contribution in [3.8, 4) is 0 Å². The van der Waals surface area contributed by atoms with Crippen molar-refractivity contribution in [2.24, 2.45) is 23.7 Å². The van der Waals surface area contributed by atoms with Crippen molar-refractivity contribution in [3.05, 3.63) is 0 Å². The van der Waals surface area contributed by atoms with E-state index >= 15 is 0 Å². The zero-order valence-electron chi connectivity index (χ0n) is 41.5. The molecule has 0 heterocycles. The van der Waals surface area contributed by atoms with E-state index in [2.05, 4.69) is 21.5 Å². The Morgan fingerprint density at radius 2 is 0.896 bits per heavy atom. The first kappa shape index (κ1) is 65.4. The molecule has 0 fully saturated rings. The predicted octanol–water partition coefficient (Wildman–Crippen LogP) is 5.11. The van der Waals surface area contributed by atoms with Crippen LogP contribution in [0.25, 0.3) is 0 Å². The Hall–Kier alpha value is -3.66. The van der Waals surface area contributed by atoms with Crippen molar-refractivity contribution >= 4 is 70.7 Å². The molecule has 0 aliphatic heterocycles. The number of carboxylic acid groups (broad SMARTS) is 1. The van der Waals surface area contributed by atoms with E-state index in [0.717, 1.165) is 51.7 Å². The molecule has 0 saturated heterocycles. The molecule has 0 aromatic rings. The maximum absolute atomic E-state index is 12.6. The lowest BCUT2D eigenvalue weighted by molar-refractivity contribution is -0.155. The SMILES string of the molecule is CCCC(C)C(=O)OCCOC(=O)CCN(CCCN(C)CCCN(CCCCOC(=O)C(C)C)CCC(=O)OCCOC(=O)C(C)CSS)CCC(=O)OCCOC(=O)C(C)CC.O=CO. The van der Waals surface area contributed by atoms with E-state index in [1.54, 1.807) is 34.6 Å². The Morgan fingerprint density at radius 1 is 0.522 bits per heavy atom. The third kappa shape index (κ3) is 38.9. The number of rotatable bonds is 40. The van der Waals surface area contributed by atoms with Gasteiger partial charge in [0.25, 0.3) is 6.47 Å². The molecule has 3 atom stereocenters. The molecule has 0 bridgehead atoms. The Morgan fingerprint density at radius 3 is 1.30 bits per heavy atom. The van der Waals surface area contributed by atoms with Crippen molar-refractivity contribution < 1.29 is 76.6 Å². The van der Waals surface area contributed by atoms with Gasteiger partial charge < -0.3 is 53.0 Å². The third-order valence-corrected chi connectivity index (χ3v) is 11.2. The Kier molecular flexibility index (Phi) is 42.6. The second-order valence-electron chi connectivity index (χ2n) is 16.4. The van der Waals surface area contributed by atoms with Crippen LogP contribution in [-0.2, 0) is 71.5 Å². The highest BCUT2D eigenvalue weighted by Crippen LogP contribution is 2.13. The van der Waals surface area contributed by atoms with Gasteiger partial charge in [-0.05, 0) is 78.3 Å². The second-order valence-corrected chi connectivity index (χ2v) is 17.8. The summed E-state index contributed by atoms with van der Waals surface area (Å²) in [6, 6.07) is 0. The average molecular weight is 998 g/mol. The standard InChI is InChI=1S/C45H81N3O14S2.CH2O2/c1-9-15-37(6)44(54)61-32-29-57-41(51)18-26-48(25-17-40(50)56-28-31-60-43(53)36(5)10-2)23-14-20-46(8)19-13-22-47(21-11-12-27-59-42(52)35(3)4)24-16-39(49)58-30-33-62-45(55)38(7)34-64-63;2-1-3/h35-38,63H,9-34H2,1-8H3;1H,(H,2,3). The molecular formula is C46H83N3O16S2. The highest BCUT2D eigenvalue weighted by Gasteiger charge is 2.18. The van der Waals surface area contributed by atoms with E-state index in [1.165, 1.54) is 10.8 Å². The number of ether oxygens (including phenoxy) is 7. The minimum atomic E-state index is -0.437. The van der Waals surface area contributed by atoms with Gasteiger partial charge in [0.1, 0.15) is 39.6 Å². The lowest BCUT2D eigenvalue weighted by Crippen LogP contribution is -2.34. The summed E-state index contributed by atoms with van der Waals surface area (Å²) in [6.07, 6.45) is 5.66. The summed E-state index contributed by atoms with van der Waals surface area (Å²) in [6.45, 7) is 17.5. The van der Waals surface area contributed by atoms with Gasteiger partial charge >= 0.3 is 41.8 Å². The van der Waals surface area contributed by atoms with Gasteiger partial charge in [0.2, 0.25) is 0 Å². The summed E-state index contributed by atoms with van der Waals surface area (Å²) in [5.74, 6) is -2.89. The van der Waals surface area contributed by atoms with E-state index in [9.17, 15) is 33.6 Å². The second kappa shape index (κ2) is 43.6. The van der Waals surface area contributed by atoms with Crippen molar-refractivity contribution in [3.63, 3.8) is 0 Å². The van der Waals surface area contributed by atoms with Gasteiger partial charge in [0.15, 0.2) is 0 Å². The number of hydrogen-bond donors (Lipinski definition) is 2. The highest BCUT2D eigenvalue weighted by molar-refractivity contribution is 8.68. The van der Waals surface area contributed by atoms with Crippen molar-refractivity contribution in [1.29, 1.82) is 0 Å². The molecule has 0 aromatic carbocycles. The largest absolute Gasteiger partial charge is 0.483 e. The average Bonchev–Trinajstić information content (AvgIpc) is 3.29. The lowest BCUT2D eigenvalue weighted by atomic mass is 10.1. The number of hydrogen-bond acceptors (Lipinski definition) is 20. The van der Waals surface area contributed by atoms with Crippen LogP contribution < -0.4 is 0 Å². The fourth-order valence-corrected chi connectivity index (χ4v) is 6.90. The number of unbranched alkanes of at least 4 members (excludes halogenated alkanes) is 1. The van der Waals surface area contributed by atoms with Crippen molar-refractivity contribution in [1.82, 2.24) is 14.7 Å². The molecule has 0 spiro atoms. The van der Waals surface area contributed by atoms with E-state index < -0.39 is 11.9 Å². The smallest absolute Gasteiger partial charge is 0.309 e. The lowest BCUT2D eigenvalue weighted by Gasteiger charge is -2.25. The highest BCUT2D eigenvalue weighted by atomic mass is 33.1. The zero-order valence-corrected chi connectivity index (χ0v) is 43.3. The van der Waals surface area contributed by atoms with Crippen LogP contribution in [0.3, 0.4) is 0 Å². The van der Waals surface area contributed by atoms with Gasteiger partial charge in [-0.1, -0.05) is 65.7 Å². The van der Waals surface area contributed by atoms with Crippen LogP contribution in [0.4, 0.5) is 0 Å². The molecule has 0 amide bonds. The van der Waals surface area contributed by atoms with E-state index in [1.807, 2.05) is 25.8 Å². The van der Waals surface area contributed by atoms with Crippen LogP contribution in [-0.4, -0.2) is 179 Å². The van der Waals surface area contributed by atoms with Gasteiger partial charge in [-0.25, -0.2) is 0 Å². The van der Waals surface area contributed by atoms with Crippen LogP contribution in [0.15, 0.2) is 0 Å². The summed E-state index contributed by atoms with van der Waals surface area (Å²) in [5.41, 5.74) is 0. The first-order valence-electron chi connectivity index (χ1n) is 23.6. The minimum absolute atomic E-state index is 0.00848. The molecule has 0 aliphatic carbocycles. The first-order valence-corrected chi connectivity index (χ1v) is 25.6. The normalized spacial score (nSPS) is 12.4. The molecule has 1 N–H and O–H groups in total. The molecule has 0 saturated carbocycles. The first-order chi connectivity index (χ1) is 31.9. The van der Waals surface area contributed by atoms with Gasteiger partial charge in [0, 0.05) is 25.4 Å². The van der Waals surface area contributed by atoms with Crippen LogP contribution >= 0.6 is 22.5 Å². The quantitative estimate of drug-likeness (QED) is 0.0203. The van der Waals surface area contributed by atoms with Crippen LogP contribution in [0.2, 0.25) is 0 Å². The zero-order chi connectivity index (χ0) is 50.8. The number of thiol groups is 1. The molecule has 390 valence electrons. The van der Waals surface area contributed by atoms with Crippen molar-refractivity contribution in [2.75, 3.05) is 111 Å². The van der Waals surface area contributed by atoms with Crippen LogP contribution in [0.1, 0.15) is 113 Å². The summed E-state index contributed by atoms with van der Waals surface area (Å²) in [4.78, 5) is 100. The molecule has 0 rings (SSSR count). The van der Waals surface area contributed by atoms with E-state index in [0.29, 0.717) is 57.9 Å². The van der Waals surface area contributed by atoms with Gasteiger partial charge in [0.05, 0.1) is 49.5 Å². The predicted molar refractivity (Wildman–Crippen MR) is 257 cm³/mol. The van der Waals surface area contributed by atoms with E-state index in [-0.39, 0.29) is 119 Å². The Balaban J connectivity index is 0. The molecule has 67 heavy (non-hydrogen) atoms. The molecule has 21 heteroatoms. The summed E-state index contributed by atoms with van der Waals surface area (Å²) in [5, 5.41) is 6.89. The fraction of sp³-hybridized carbons (Fsp3) is 0.826. The number of carbonyl (C=O) groups is 8. The number of carbonyl (C=O) groups excluding carboxylic acids is 7. The minimum Gasteiger partial charge on any atom is -0.483 e. The molecular weight excluding hydrogens is 915 g/mol. The summed E-state index contributed by atoms with van der Waals surface area (Å²) < 4.78 is 36.8. The summed E-state index contributed by atoms with van der Waals surface area (Å²) in [7, 11) is 3.28. The van der Waals surface area contributed by atoms with Crippen molar-refractivity contribution in [2.45, 2.75) is 113 Å². The van der Waals surface area contributed by atoms with Crippen LogP contribution in [0.5, 0.6) is 0 Å². The monoisotopic (exact) mass is 998 g/mol. The van der Waals surface area contributed by atoms with E-state index in [4.69, 9.17) is 43.1 Å². The molecule has 0 aromatic heterocycles. The maximum Gasteiger partial charge on any atom is 0.309 e. The molecule has 0 radical (unpaired) electrons.